The van der Waals surface area contributed by atoms with Crippen LogP contribution in [0.15, 0.2) is 61.2 Å². The highest BCUT2D eigenvalue weighted by Gasteiger charge is 2.33. The first kappa shape index (κ1) is 25.0. The largest absolute Gasteiger partial charge is 0.493 e. The molecule has 1 N–H and O–H groups in total. The van der Waals surface area contributed by atoms with Crippen molar-refractivity contribution in [2.45, 2.75) is 25.1 Å². The summed E-state index contributed by atoms with van der Waals surface area (Å²) in [6, 6.07) is 11.8. The van der Waals surface area contributed by atoms with Crippen LogP contribution in [0.3, 0.4) is 0 Å². The first-order valence-corrected chi connectivity index (χ1v) is 11.7. The van der Waals surface area contributed by atoms with E-state index in [2.05, 4.69) is 9.88 Å². The molecule has 0 amide bonds. The van der Waals surface area contributed by atoms with E-state index in [0.29, 0.717) is 50.1 Å². The molecule has 2 aromatic carbocycles. The molecule has 0 spiro atoms. The molecule has 1 aliphatic heterocycles. The van der Waals surface area contributed by atoms with Gasteiger partial charge < -0.3 is 28.6 Å². The third-order valence-corrected chi connectivity index (χ3v) is 5.76. The third kappa shape index (κ3) is 7.42. The highest BCUT2D eigenvalue weighted by Crippen LogP contribution is 2.29. The van der Waals surface area contributed by atoms with Crippen LogP contribution in [0.4, 0.5) is 4.39 Å². The summed E-state index contributed by atoms with van der Waals surface area (Å²) in [6.45, 7) is 3.63. The predicted molar refractivity (Wildman–Crippen MR) is 128 cm³/mol. The van der Waals surface area contributed by atoms with Gasteiger partial charge in [0.25, 0.3) is 0 Å². The molecule has 9 heteroatoms. The molecule has 1 aliphatic rings. The molecule has 0 saturated carbocycles. The molecule has 0 aliphatic carbocycles. The highest BCUT2D eigenvalue weighted by atomic mass is 19.1. The number of rotatable bonds is 11. The van der Waals surface area contributed by atoms with Crippen LogP contribution >= 0.6 is 0 Å². The summed E-state index contributed by atoms with van der Waals surface area (Å²) in [6.07, 6.45) is 6.31. The fourth-order valence-electron chi connectivity index (χ4n) is 4.03. The molecule has 1 aromatic heterocycles. The van der Waals surface area contributed by atoms with E-state index in [1.54, 1.807) is 31.8 Å². The van der Waals surface area contributed by atoms with Gasteiger partial charge in [0.05, 0.1) is 33.3 Å². The van der Waals surface area contributed by atoms with Crippen LogP contribution in [0, 0.1) is 5.82 Å². The van der Waals surface area contributed by atoms with Crippen LogP contribution in [0.1, 0.15) is 12.0 Å². The summed E-state index contributed by atoms with van der Waals surface area (Å²) < 4.78 is 38.3. The van der Waals surface area contributed by atoms with Crippen LogP contribution < -0.4 is 14.2 Å². The quantitative estimate of drug-likeness (QED) is 0.418. The molecule has 8 nitrogen and oxygen atoms in total. The number of aryl methyl sites for hydroxylation is 1. The standard InChI is InChI=1S/C26H32FN3O5/c1-32-24-7-6-21(14-25(24)34-12-3-9-29-10-8-28-20-29)16-30-11-13-33-18-26(31,17-30)19-35-23-5-2-4-22(27)15-23/h2,4-8,10,14-15,20,31H,3,9,11-13,16-19H2,1H3/t26-/m0/s1. The molecule has 4 rings (SSSR count). The Bertz CT molecular complexity index is 1060. The first-order chi connectivity index (χ1) is 17.0. The lowest BCUT2D eigenvalue weighted by molar-refractivity contribution is -0.0647. The zero-order valence-corrected chi connectivity index (χ0v) is 19.9. The number of imidazole rings is 1. The molecule has 188 valence electrons. The predicted octanol–water partition coefficient (Wildman–Crippen LogP) is 3.14. The normalized spacial score (nSPS) is 18.7. The van der Waals surface area contributed by atoms with E-state index in [1.165, 1.54) is 12.1 Å². The number of ether oxygens (including phenoxy) is 4. The lowest BCUT2D eigenvalue weighted by Gasteiger charge is -2.30. The van der Waals surface area contributed by atoms with Crippen LogP contribution in [0.5, 0.6) is 17.2 Å². The average Bonchev–Trinajstić information content (AvgIpc) is 3.30. The van der Waals surface area contributed by atoms with Crippen molar-refractivity contribution >= 4 is 0 Å². The number of β-amino-alcohol motifs (C(OH)–C–C–N with tert-alkyl or cyclic N) is 1. The molecule has 0 radical (unpaired) electrons. The lowest BCUT2D eigenvalue weighted by Crippen LogP contribution is -2.48. The summed E-state index contributed by atoms with van der Waals surface area (Å²) in [5.74, 6) is 1.36. The van der Waals surface area contributed by atoms with E-state index in [9.17, 15) is 9.50 Å². The van der Waals surface area contributed by atoms with Gasteiger partial charge in [-0.05, 0) is 36.2 Å². The van der Waals surface area contributed by atoms with Crippen molar-refractivity contribution < 1.29 is 28.4 Å². The molecule has 2 heterocycles. The van der Waals surface area contributed by atoms with Gasteiger partial charge in [0.2, 0.25) is 0 Å². The highest BCUT2D eigenvalue weighted by molar-refractivity contribution is 5.43. The van der Waals surface area contributed by atoms with Gasteiger partial charge in [-0.25, -0.2) is 9.37 Å². The zero-order chi connectivity index (χ0) is 24.5. The molecule has 1 saturated heterocycles. The van der Waals surface area contributed by atoms with Crippen molar-refractivity contribution in [1.29, 1.82) is 0 Å². The molecule has 1 atom stereocenters. The van der Waals surface area contributed by atoms with Crippen molar-refractivity contribution in [3.63, 3.8) is 0 Å². The summed E-state index contributed by atoms with van der Waals surface area (Å²) in [5.41, 5.74) is -0.187. The van der Waals surface area contributed by atoms with Crippen LogP contribution in [0.25, 0.3) is 0 Å². The number of nitrogens with zero attached hydrogens (tertiary/aromatic N) is 3. The van der Waals surface area contributed by atoms with E-state index in [-0.39, 0.29) is 19.0 Å². The molecule has 1 fully saturated rings. The Morgan fingerprint density at radius 3 is 2.89 bits per heavy atom. The molecular formula is C26H32FN3O5. The second kappa shape index (κ2) is 12.0. The second-order valence-electron chi connectivity index (χ2n) is 8.72. The van der Waals surface area contributed by atoms with E-state index >= 15 is 0 Å². The average molecular weight is 486 g/mol. The molecule has 35 heavy (non-hydrogen) atoms. The Morgan fingerprint density at radius 1 is 1.17 bits per heavy atom. The van der Waals surface area contributed by atoms with Crippen molar-refractivity contribution in [2.24, 2.45) is 0 Å². The van der Waals surface area contributed by atoms with Gasteiger partial charge in [0.15, 0.2) is 11.5 Å². The number of methoxy groups -OCH3 is 1. The van der Waals surface area contributed by atoms with E-state index in [1.807, 2.05) is 29.0 Å². The fourth-order valence-corrected chi connectivity index (χ4v) is 4.03. The number of aromatic nitrogens is 2. The minimum Gasteiger partial charge on any atom is -0.493 e. The number of halogens is 1. The Balaban J connectivity index is 1.35. The number of hydrogen-bond acceptors (Lipinski definition) is 7. The fraction of sp³-hybridized carbons (Fsp3) is 0.423. The third-order valence-electron chi connectivity index (χ3n) is 5.76. The maximum absolute atomic E-state index is 13.4. The van der Waals surface area contributed by atoms with E-state index < -0.39 is 5.60 Å². The van der Waals surface area contributed by atoms with Crippen LogP contribution in [0.2, 0.25) is 0 Å². The number of aliphatic hydroxyl groups is 1. The van der Waals surface area contributed by atoms with Crippen molar-refractivity contribution in [1.82, 2.24) is 14.5 Å². The summed E-state index contributed by atoms with van der Waals surface area (Å²) in [5, 5.41) is 11.2. The number of benzene rings is 2. The Morgan fingerprint density at radius 2 is 2.09 bits per heavy atom. The Labute approximate surface area is 204 Å². The van der Waals surface area contributed by atoms with Gasteiger partial charge in [0, 0.05) is 44.6 Å². The maximum Gasteiger partial charge on any atom is 0.161 e. The zero-order valence-electron chi connectivity index (χ0n) is 19.9. The van der Waals surface area contributed by atoms with Crippen molar-refractivity contribution in [3.05, 3.63) is 72.6 Å². The summed E-state index contributed by atoms with van der Waals surface area (Å²) >= 11 is 0. The van der Waals surface area contributed by atoms with Crippen molar-refractivity contribution in [2.75, 3.05) is 46.6 Å². The molecule has 0 unspecified atom stereocenters. The van der Waals surface area contributed by atoms with Gasteiger partial charge in [-0.2, -0.15) is 0 Å². The van der Waals surface area contributed by atoms with Gasteiger partial charge in [-0.15, -0.1) is 0 Å². The summed E-state index contributed by atoms with van der Waals surface area (Å²) in [4.78, 5) is 6.17. The first-order valence-electron chi connectivity index (χ1n) is 11.7. The monoisotopic (exact) mass is 485 g/mol. The van der Waals surface area contributed by atoms with E-state index in [4.69, 9.17) is 18.9 Å². The molecular weight excluding hydrogens is 453 g/mol. The van der Waals surface area contributed by atoms with Crippen LogP contribution in [-0.2, 0) is 17.8 Å². The van der Waals surface area contributed by atoms with Gasteiger partial charge in [-0.1, -0.05) is 12.1 Å². The Hall–Kier alpha value is -3.14. The minimum absolute atomic E-state index is 0.000835. The molecule has 3 aromatic rings. The maximum atomic E-state index is 13.4. The van der Waals surface area contributed by atoms with Gasteiger partial charge in [-0.3, -0.25) is 4.90 Å². The van der Waals surface area contributed by atoms with Crippen LogP contribution in [-0.4, -0.2) is 71.8 Å². The topological polar surface area (TPSA) is 78.2 Å². The second-order valence-corrected chi connectivity index (χ2v) is 8.72. The summed E-state index contributed by atoms with van der Waals surface area (Å²) in [7, 11) is 1.62. The van der Waals surface area contributed by atoms with Gasteiger partial charge in [0.1, 0.15) is 23.8 Å². The molecule has 0 bridgehead atoms. The smallest absolute Gasteiger partial charge is 0.161 e. The Kier molecular flexibility index (Phi) is 8.57. The SMILES string of the molecule is COc1ccc(CN2CCOC[C@](O)(COc3cccc(F)c3)C2)cc1OCCCn1ccnc1. The van der Waals surface area contributed by atoms with Crippen molar-refractivity contribution in [3.8, 4) is 17.2 Å². The number of hydrogen-bond donors (Lipinski definition) is 1. The minimum atomic E-state index is -1.22. The van der Waals surface area contributed by atoms with Gasteiger partial charge >= 0.3 is 0 Å². The lowest BCUT2D eigenvalue weighted by atomic mass is 10.1. The van der Waals surface area contributed by atoms with E-state index in [0.717, 1.165) is 18.5 Å².